The predicted molar refractivity (Wildman–Crippen MR) is 98.9 cm³/mol. The molecule has 1 aromatic carbocycles. The molecule has 0 aliphatic rings. The fourth-order valence-corrected chi connectivity index (χ4v) is 3.78. The number of anilines is 2. The van der Waals surface area contributed by atoms with Gasteiger partial charge in [0, 0.05) is 18.2 Å². The molecule has 0 spiro atoms. The minimum atomic E-state index is -0.301. The molecule has 2 aromatic heterocycles. The second kappa shape index (κ2) is 6.76. The third-order valence-corrected chi connectivity index (χ3v) is 4.96. The minimum Gasteiger partial charge on any atom is -0.397 e. The lowest BCUT2D eigenvalue weighted by atomic mass is 10.1. The zero-order valence-electron chi connectivity index (χ0n) is 13.2. The highest BCUT2D eigenvalue weighted by molar-refractivity contribution is 7.21. The summed E-state index contributed by atoms with van der Waals surface area (Å²) in [6.45, 7) is 2.31. The molecule has 0 radical (unpaired) electrons. The molecule has 0 fully saturated rings. The summed E-state index contributed by atoms with van der Waals surface area (Å²) in [5, 5.41) is 4.04. The van der Waals surface area contributed by atoms with Gasteiger partial charge in [0.15, 0.2) is 0 Å². The van der Waals surface area contributed by atoms with E-state index < -0.39 is 0 Å². The molecule has 0 saturated carbocycles. The molecule has 1 amide bonds. The van der Waals surface area contributed by atoms with Crippen LogP contribution in [0, 0.1) is 6.92 Å². The Kier molecular flexibility index (Phi) is 4.71. The molecule has 0 saturated heterocycles. The number of ether oxygens (including phenoxy) is 1. The number of nitrogen functional groups attached to an aromatic ring is 1. The Labute approximate surface area is 148 Å². The molecular formula is C17H16ClN3O2S. The minimum absolute atomic E-state index is 0.301. The Bertz CT molecular complexity index is 924. The van der Waals surface area contributed by atoms with Crippen LogP contribution in [0.4, 0.5) is 11.4 Å². The van der Waals surface area contributed by atoms with Crippen LogP contribution in [0.2, 0.25) is 5.02 Å². The summed E-state index contributed by atoms with van der Waals surface area (Å²) in [7, 11) is 1.62. The number of thiophene rings is 1. The molecule has 0 atom stereocenters. The molecule has 0 unspecified atom stereocenters. The van der Waals surface area contributed by atoms with Crippen molar-refractivity contribution in [3.63, 3.8) is 0 Å². The number of benzene rings is 1. The molecule has 5 nitrogen and oxygen atoms in total. The number of carbonyl (C=O) groups is 1. The van der Waals surface area contributed by atoms with Gasteiger partial charge >= 0.3 is 0 Å². The van der Waals surface area contributed by atoms with E-state index in [2.05, 4.69) is 10.3 Å². The number of fused-ring (bicyclic) bond motifs is 1. The number of halogens is 1. The Morgan fingerprint density at radius 1 is 1.42 bits per heavy atom. The summed E-state index contributed by atoms with van der Waals surface area (Å²) < 4.78 is 5.23. The van der Waals surface area contributed by atoms with Crippen molar-refractivity contribution in [2.75, 3.05) is 18.2 Å². The Morgan fingerprint density at radius 2 is 2.17 bits per heavy atom. The zero-order valence-corrected chi connectivity index (χ0v) is 14.8. The number of hydrogen-bond donors (Lipinski definition) is 2. The molecule has 2 heterocycles. The smallest absolute Gasteiger partial charge is 0.267 e. The van der Waals surface area contributed by atoms with Gasteiger partial charge in [-0.1, -0.05) is 23.7 Å². The van der Waals surface area contributed by atoms with Gasteiger partial charge in [0.25, 0.3) is 5.91 Å². The lowest BCUT2D eigenvalue weighted by Crippen LogP contribution is -2.12. The SMILES string of the molecule is COCc1cc(C)nc2sc(C(=O)Nc3ccccc3Cl)c(N)c12. The third-order valence-electron chi connectivity index (χ3n) is 3.54. The molecule has 3 N–H and O–H groups in total. The standard InChI is InChI=1S/C17H16ClN3O2S/c1-9-7-10(8-23-2)13-14(19)15(24-17(13)20-9)16(22)21-12-6-4-3-5-11(12)18/h3-7H,8,19H2,1-2H3,(H,21,22). The number of methoxy groups -OCH3 is 1. The van der Waals surface area contributed by atoms with E-state index in [1.807, 2.05) is 13.0 Å². The Hall–Kier alpha value is -2.15. The second-order valence-electron chi connectivity index (χ2n) is 5.31. The lowest BCUT2D eigenvalue weighted by molar-refractivity contribution is 0.103. The number of amides is 1. The van der Waals surface area contributed by atoms with Crippen LogP contribution in [0.25, 0.3) is 10.2 Å². The molecular weight excluding hydrogens is 346 g/mol. The molecule has 24 heavy (non-hydrogen) atoms. The highest BCUT2D eigenvalue weighted by Gasteiger charge is 2.20. The maximum atomic E-state index is 12.6. The van der Waals surface area contributed by atoms with Crippen LogP contribution in [0.3, 0.4) is 0 Å². The molecule has 7 heteroatoms. The Balaban J connectivity index is 2.04. The first kappa shape index (κ1) is 16.7. The molecule has 0 bridgehead atoms. The van der Waals surface area contributed by atoms with Gasteiger partial charge in [-0.25, -0.2) is 4.98 Å². The van der Waals surface area contributed by atoms with Crippen LogP contribution >= 0.6 is 22.9 Å². The van der Waals surface area contributed by atoms with Gasteiger partial charge in [-0.2, -0.15) is 0 Å². The summed E-state index contributed by atoms with van der Waals surface area (Å²) in [4.78, 5) is 18.2. The molecule has 3 aromatic rings. The number of para-hydroxylation sites is 1. The van der Waals surface area contributed by atoms with E-state index in [1.54, 1.807) is 31.4 Å². The second-order valence-corrected chi connectivity index (χ2v) is 6.72. The average Bonchev–Trinajstić information content (AvgIpc) is 2.86. The first-order chi connectivity index (χ1) is 11.5. The fraction of sp³-hybridized carbons (Fsp3) is 0.176. The van der Waals surface area contributed by atoms with E-state index in [9.17, 15) is 4.79 Å². The van der Waals surface area contributed by atoms with Crippen LogP contribution in [0.1, 0.15) is 20.9 Å². The van der Waals surface area contributed by atoms with E-state index in [4.69, 9.17) is 22.1 Å². The van der Waals surface area contributed by atoms with Crippen molar-refractivity contribution >= 4 is 50.4 Å². The molecule has 0 aliphatic heterocycles. The third kappa shape index (κ3) is 3.08. The van der Waals surface area contributed by atoms with Crippen LogP contribution in [0.15, 0.2) is 30.3 Å². The monoisotopic (exact) mass is 361 g/mol. The summed E-state index contributed by atoms with van der Waals surface area (Å²) in [5.41, 5.74) is 8.97. The van der Waals surface area contributed by atoms with Gasteiger partial charge < -0.3 is 15.8 Å². The summed E-state index contributed by atoms with van der Waals surface area (Å²) in [6.07, 6.45) is 0. The van der Waals surface area contributed by atoms with Crippen molar-refractivity contribution in [1.82, 2.24) is 4.98 Å². The summed E-state index contributed by atoms with van der Waals surface area (Å²) >= 11 is 7.35. The zero-order chi connectivity index (χ0) is 17.3. The number of nitrogens with two attached hydrogens (primary N) is 1. The maximum Gasteiger partial charge on any atom is 0.267 e. The number of nitrogens with zero attached hydrogens (tertiary/aromatic N) is 1. The van der Waals surface area contributed by atoms with E-state index in [0.29, 0.717) is 27.9 Å². The number of nitrogens with one attached hydrogen (secondary N) is 1. The van der Waals surface area contributed by atoms with Crippen LogP contribution in [0.5, 0.6) is 0 Å². The first-order valence-electron chi connectivity index (χ1n) is 7.24. The highest BCUT2D eigenvalue weighted by Crippen LogP contribution is 2.36. The van der Waals surface area contributed by atoms with E-state index in [1.165, 1.54) is 11.3 Å². The Morgan fingerprint density at radius 3 is 2.88 bits per heavy atom. The van der Waals surface area contributed by atoms with Crippen molar-refractivity contribution in [3.8, 4) is 0 Å². The normalized spacial score (nSPS) is 11.0. The van der Waals surface area contributed by atoms with Gasteiger partial charge in [0.1, 0.15) is 9.71 Å². The summed E-state index contributed by atoms with van der Waals surface area (Å²) in [6, 6.07) is 8.98. The van der Waals surface area contributed by atoms with Crippen LogP contribution in [-0.2, 0) is 11.3 Å². The largest absolute Gasteiger partial charge is 0.397 e. The van der Waals surface area contributed by atoms with E-state index in [-0.39, 0.29) is 5.91 Å². The fourth-order valence-electron chi connectivity index (χ4n) is 2.52. The number of rotatable bonds is 4. The number of carbonyl (C=O) groups excluding carboxylic acids is 1. The molecule has 3 rings (SSSR count). The van der Waals surface area contributed by atoms with Crippen molar-refractivity contribution in [1.29, 1.82) is 0 Å². The molecule has 0 aliphatic carbocycles. The number of aromatic nitrogens is 1. The highest BCUT2D eigenvalue weighted by atomic mass is 35.5. The van der Waals surface area contributed by atoms with Gasteiger partial charge in [-0.05, 0) is 30.7 Å². The number of aryl methyl sites for hydroxylation is 1. The van der Waals surface area contributed by atoms with Gasteiger partial charge in [0.2, 0.25) is 0 Å². The maximum absolute atomic E-state index is 12.6. The van der Waals surface area contributed by atoms with Crippen molar-refractivity contribution < 1.29 is 9.53 Å². The van der Waals surface area contributed by atoms with Gasteiger partial charge in [-0.15, -0.1) is 11.3 Å². The van der Waals surface area contributed by atoms with Crippen molar-refractivity contribution in [2.24, 2.45) is 0 Å². The van der Waals surface area contributed by atoms with E-state index in [0.717, 1.165) is 21.5 Å². The van der Waals surface area contributed by atoms with Crippen molar-refractivity contribution in [3.05, 3.63) is 51.5 Å². The number of pyridine rings is 1. The summed E-state index contributed by atoms with van der Waals surface area (Å²) in [5.74, 6) is -0.301. The lowest BCUT2D eigenvalue weighted by Gasteiger charge is -2.06. The quantitative estimate of drug-likeness (QED) is 0.728. The van der Waals surface area contributed by atoms with E-state index >= 15 is 0 Å². The van der Waals surface area contributed by atoms with Crippen molar-refractivity contribution in [2.45, 2.75) is 13.5 Å². The average molecular weight is 362 g/mol. The number of hydrogen-bond acceptors (Lipinski definition) is 5. The predicted octanol–water partition coefficient (Wildman–Crippen LogP) is 4.24. The topological polar surface area (TPSA) is 77.2 Å². The van der Waals surface area contributed by atoms with Crippen LogP contribution < -0.4 is 11.1 Å². The van der Waals surface area contributed by atoms with Gasteiger partial charge in [-0.3, -0.25) is 4.79 Å². The van der Waals surface area contributed by atoms with Gasteiger partial charge in [0.05, 0.1) is 23.0 Å². The van der Waals surface area contributed by atoms with Crippen LogP contribution in [-0.4, -0.2) is 18.0 Å². The first-order valence-corrected chi connectivity index (χ1v) is 8.44. The molecule has 124 valence electrons.